The number of fused-ring (bicyclic) bond motifs is 1. The molecule has 2 aromatic heterocycles. The maximum Gasteiger partial charge on any atom is 0.416 e. The van der Waals surface area contributed by atoms with E-state index in [0.29, 0.717) is 17.3 Å². The number of benzene rings is 2. The van der Waals surface area contributed by atoms with Crippen molar-refractivity contribution >= 4 is 22.5 Å². The highest BCUT2D eigenvalue weighted by atomic mass is 19.4. The fraction of sp³-hybridized carbons (Fsp3) is 0.100. The van der Waals surface area contributed by atoms with Gasteiger partial charge in [0.25, 0.3) is 0 Å². The number of nitrogens with one attached hydrogen (secondary N) is 1. The molecule has 5 nitrogen and oxygen atoms in total. The molecule has 0 saturated carbocycles. The van der Waals surface area contributed by atoms with Crippen LogP contribution in [0.5, 0.6) is 0 Å². The van der Waals surface area contributed by atoms with Gasteiger partial charge in [0.15, 0.2) is 11.6 Å². The van der Waals surface area contributed by atoms with E-state index in [1.54, 1.807) is 6.20 Å². The van der Waals surface area contributed by atoms with Gasteiger partial charge in [0.1, 0.15) is 5.82 Å². The van der Waals surface area contributed by atoms with Crippen LogP contribution in [0.4, 0.5) is 24.7 Å². The van der Waals surface area contributed by atoms with E-state index in [2.05, 4.69) is 20.3 Å². The molecule has 0 atom stereocenters. The highest BCUT2D eigenvalue weighted by Crippen LogP contribution is 2.30. The Hall–Kier alpha value is -3.42. The Kier molecular flexibility index (Phi) is 4.46. The Balaban J connectivity index is 1.68. The van der Waals surface area contributed by atoms with Crippen LogP contribution >= 0.6 is 0 Å². The molecule has 2 aromatic carbocycles. The third kappa shape index (κ3) is 3.40. The fourth-order valence-electron chi connectivity index (χ4n) is 2.89. The van der Waals surface area contributed by atoms with Crippen molar-refractivity contribution in [2.24, 2.45) is 0 Å². The molecule has 0 saturated heterocycles. The molecule has 0 spiro atoms. The summed E-state index contributed by atoms with van der Waals surface area (Å²) in [6.07, 6.45) is 0.625. The predicted octanol–water partition coefficient (Wildman–Crippen LogP) is 5.15. The summed E-state index contributed by atoms with van der Waals surface area (Å²) in [5.41, 5.74) is 1.50. The van der Waals surface area contributed by atoms with Crippen LogP contribution in [-0.2, 0) is 6.18 Å². The van der Waals surface area contributed by atoms with Crippen LogP contribution in [0.2, 0.25) is 0 Å². The number of nitrogens with zero attached hydrogens (tertiary/aromatic N) is 4. The van der Waals surface area contributed by atoms with Crippen molar-refractivity contribution in [3.63, 3.8) is 0 Å². The van der Waals surface area contributed by atoms with Crippen molar-refractivity contribution in [2.45, 2.75) is 13.1 Å². The van der Waals surface area contributed by atoms with E-state index in [-0.39, 0.29) is 0 Å². The van der Waals surface area contributed by atoms with Crippen LogP contribution in [0.25, 0.3) is 16.9 Å². The lowest BCUT2D eigenvalue weighted by Gasteiger charge is -2.11. The van der Waals surface area contributed by atoms with Crippen molar-refractivity contribution in [1.29, 1.82) is 0 Å². The third-order valence-corrected chi connectivity index (χ3v) is 4.18. The first kappa shape index (κ1) is 18.0. The minimum atomic E-state index is -4.37. The number of anilines is 2. The molecule has 0 aliphatic rings. The lowest BCUT2D eigenvalue weighted by molar-refractivity contribution is -0.137. The number of alkyl halides is 3. The van der Waals surface area contributed by atoms with Crippen LogP contribution in [0.3, 0.4) is 0 Å². The number of halogens is 3. The second kappa shape index (κ2) is 6.95. The highest BCUT2D eigenvalue weighted by molar-refractivity contribution is 5.78. The largest absolute Gasteiger partial charge is 0.416 e. The first-order valence-electron chi connectivity index (χ1n) is 8.49. The lowest BCUT2D eigenvalue weighted by Crippen LogP contribution is -2.06. The van der Waals surface area contributed by atoms with E-state index < -0.39 is 11.7 Å². The number of hydrogen-bond donors (Lipinski definition) is 1. The Labute approximate surface area is 158 Å². The molecular formula is C20H15F3N5. The van der Waals surface area contributed by atoms with Gasteiger partial charge in [-0.3, -0.25) is 9.55 Å². The van der Waals surface area contributed by atoms with Crippen molar-refractivity contribution in [1.82, 2.24) is 19.5 Å². The van der Waals surface area contributed by atoms with Crippen LogP contribution in [0.1, 0.15) is 18.3 Å². The number of imidazole rings is 1. The predicted molar refractivity (Wildman–Crippen MR) is 100 cm³/mol. The highest BCUT2D eigenvalue weighted by Gasteiger charge is 2.29. The number of para-hydroxylation sites is 2. The summed E-state index contributed by atoms with van der Waals surface area (Å²) >= 11 is 0. The average Bonchev–Trinajstić information content (AvgIpc) is 3.06. The molecule has 8 heteroatoms. The summed E-state index contributed by atoms with van der Waals surface area (Å²) in [5.74, 6) is 1.69. The Morgan fingerprint density at radius 3 is 2.43 bits per heavy atom. The molecule has 4 aromatic rings. The molecule has 141 valence electrons. The summed E-state index contributed by atoms with van der Waals surface area (Å²) in [4.78, 5) is 13.3. The monoisotopic (exact) mass is 382 g/mol. The van der Waals surface area contributed by atoms with Gasteiger partial charge in [-0.05, 0) is 36.4 Å². The number of hydrogen-bond acceptors (Lipinski definition) is 4. The summed E-state index contributed by atoms with van der Waals surface area (Å²) in [5, 5.41) is 2.99. The van der Waals surface area contributed by atoms with Gasteiger partial charge in [0, 0.05) is 12.1 Å². The first-order valence-corrected chi connectivity index (χ1v) is 8.49. The molecule has 0 fully saturated rings. The number of rotatable bonds is 4. The zero-order valence-electron chi connectivity index (χ0n) is 14.8. The van der Waals surface area contributed by atoms with Crippen LogP contribution in [-0.4, -0.2) is 19.5 Å². The van der Waals surface area contributed by atoms with Gasteiger partial charge in [-0.25, -0.2) is 9.97 Å². The van der Waals surface area contributed by atoms with E-state index in [1.165, 1.54) is 18.3 Å². The van der Waals surface area contributed by atoms with Crippen molar-refractivity contribution in [3.05, 3.63) is 78.7 Å². The van der Waals surface area contributed by atoms with Gasteiger partial charge >= 0.3 is 6.18 Å². The molecule has 0 unspecified atom stereocenters. The van der Waals surface area contributed by atoms with Gasteiger partial charge in [0.05, 0.1) is 29.0 Å². The minimum Gasteiger partial charge on any atom is -0.339 e. The number of aromatic nitrogens is 4. The Morgan fingerprint density at radius 2 is 1.71 bits per heavy atom. The van der Waals surface area contributed by atoms with E-state index in [1.807, 2.05) is 42.2 Å². The molecule has 0 bridgehead atoms. The second-order valence-corrected chi connectivity index (χ2v) is 6.05. The first-order chi connectivity index (χ1) is 13.5. The van der Waals surface area contributed by atoms with E-state index >= 15 is 0 Å². The molecular weight excluding hydrogens is 367 g/mol. The van der Waals surface area contributed by atoms with Crippen LogP contribution in [0, 0.1) is 6.42 Å². The summed E-state index contributed by atoms with van der Waals surface area (Å²) in [6.45, 7) is 1.88. The minimum absolute atomic E-state index is 0.414. The molecule has 1 radical (unpaired) electrons. The summed E-state index contributed by atoms with van der Waals surface area (Å²) in [7, 11) is 0. The van der Waals surface area contributed by atoms with Gasteiger partial charge in [-0.2, -0.15) is 13.2 Å². The zero-order chi connectivity index (χ0) is 19.7. The Bertz CT molecular complexity index is 1120. The van der Waals surface area contributed by atoms with Crippen molar-refractivity contribution in [2.75, 3.05) is 5.32 Å². The second-order valence-electron chi connectivity index (χ2n) is 6.05. The molecule has 0 amide bonds. The fourth-order valence-corrected chi connectivity index (χ4v) is 2.89. The van der Waals surface area contributed by atoms with E-state index in [4.69, 9.17) is 0 Å². The Morgan fingerprint density at radius 1 is 0.964 bits per heavy atom. The third-order valence-electron chi connectivity index (χ3n) is 4.18. The van der Waals surface area contributed by atoms with Gasteiger partial charge < -0.3 is 5.32 Å². The lowest BCUT2D eigenvalue weighted by atomic mass is 10.2. The molecule has 1 N–H and O–H groups in total. The van der Waals surface area contributed by atoms with Crippen LogP contribution in [0.15, 0.2) is 60.9 Å². The standard InChI is InChI=1S/C20H15F3N5/c1-2-18-26-15-5-3-4-6-16(15)28(18)19-12-24-11-17(27-19)25-14-9-7-13(8-10-14)20(21,22)23/h2-12H,1H3,(H,25,27). The topological polar surface area (TPSA) is 55.6 Å². The maximum absolute atomic E-state index is 12.7. The smallest absolute Gasteiger partial charge is 0.339 e. The quantitative estimate of drug-likeness (QED) is 0.530. The van der Waals surface area contributed by atoms with Gasteiger partial charge in [0.2, 0.25) is 0 Å². The average molecular weight is 382 g/mol. The SMILES string of the molecule is C[CH]c1nc2ccccc2n1-c1cncc(Nc2ccc(C(F)(F)F)cc2)n1. The van der Waals surface area contributed by atoms with Gasteiger partial charge in [-0.1, -0.05) is 19.1 Å². The van der Waals surface area contributed by atoms with Crippen LogP contribution < -0.4 is 5.32 Å². The summed E-state index contributed by atoms with van der Waals surface area (Å²) < 4.78 is 40.0. The van der Waals surface area contributed by atoms with Crippen molar-refractivity contribution < 1.29 is 13.2 Å². The summed E-state index contributed by atoms with van der Waals surface area (Å²) in [6, 6.07) is 12.4. The molecule has 2 heterocycles. The zero-order valence-corrected chi connectivity index (χ0v) is 14.8. The molecule has 4 rings (SSSR count). The molecule has 0 aliphatic heterocycles. The van der Waals surface area contributed by atoms with E-state index in [9.17, 15) is 13.2 Å². The normalized spacial score (nSPS) is 11.7. The van der Waals surface area contributed by atoms with Crippen molar-refractivity contribution in [3.8, 4) is 5.82 Å². The van der Waals surface area contributed by atoms with Gasteiger partial charge in [-0.15, -0.1) is 0 Å². The molecule has 0 aliphatic carbocycles. The maximum atomic E-state index is 12.7. The van der Waals surface area contributed by atoms with E-state index in [0.717, 1.165) is 29.0 Å². The molecule has 28 heavy (non-hydrogen) atoms.